The Hall–Kier alpha value is -2.61. The first-order valence-corrected chi connectivity index (χ1v) is 8.87. The maximum absolute atomic E-state index is 14.9. The van der Waals surface area contributed by atoms with Gasteiger partial charge in [-0.3, -0.25) is 18.8 Å². The lowest BCUT2D eigenvalue weighted by molar-refractivity contribution is 0.630. The first-order chi connectivity index (χ1) is 12.1. The monoisotopic (exact) mass is 355 g/mol. The van der Waals surface area contributed by atoms with Gasteiger partial charge in [0.1, 0.15) is 5.82 Å². The van der Waals surface area contributed by atoms with Crippen LogP contribution in [0, 0.1) is 5.82 Å². The average Bonchev–Trinajstić information content (AvgIpc) is 3.03. The van der Waals surface area contributed by atoms with Gasteiger partial charge in [-0.2, -0.15) is 5.10 Å². The highest BCUT2D eigenvalue weighted by molar-refractivity contribution is 7.99. The molecule has 0 amide bonds. The summed E-state index contributed by atoms with van der Waals surface area (Å²) in [6.07, 6.45) is 5.12. The third-order valence-electron chi connectivity index (χ3n) is 4.72. The second-order valence-corrected chi connectivity index (χ2v) is 7.30. The van der Waals surface area contributed by atoms with E-state index in [0.717, 1.165) is 26.9 Å². The van der Waals surface area contributed by atoms with E-state index in [1.807, 2.05) is 7.05 Å². The molecule has 4 heterocycles. The van der Waals surface area contributed by atoms with Gasteiger partial charge in [0.2, 0.25) is 0 Å². The van der Waals surface area contributed by atoms with Crippen LogP contribution in [0.15, 0.2) is 34.3 Å². The Bertz CT molecular complexity index is 1240. The summed E-state index contributed by atoms with van der Waals surface area (Å²) < 4.78 is 20.0. The molecule has 0 aliphatic carbocycles. The molecule has 0 radical (unpaired) electrons. The van der Waals surface area contributed by atoms with Crippen molar-refractivity contribution in [2.45, 2.75) is 11.4 Å². The number of thioether (sulfide) groups is 1. The Kier molecular flexibility index (Phi) is 2.91. The van der Waals surface area contributed by atoms with Gasteiger partial charge >= 0.3 is 5.69 Å². The van der Waals surface area contributed by atoms with E-state index in [-0.39, 0.29) is 11.5 Å². The molecule has 0 N–H and O–H groups in total. The highest BCUT2D eigenvalue weighted by atomic mass is 32.2. The van der Waals surface area contributed by atoms with Crippen molar-refractivity contribution in [3.8, 4) is 11.1 Å². The van der Waals surface area contributed by atoms with Gasteiger partial charge in [-0.05, 0) is 0 Å². The fraction of sp³-hybridized carbons (Fsp3) is 0.235. The Labute approximate surface area is 145 Å². The lowest BCUT2D eigenvalue weighted by Crippen LogP contribution is -2.22. The van der Waals surface area contributed by atoms with Crippen molar-refractivity contribution in [1.82, 2.24) is 23.9 Å². The molecule has 8 heteroatoms. The molecule has 0 bridgehead atoms. The number of pyridine rings is 1. The minimum absolute atomic E-state index is 0.0648. The van der Waals surface area contributed by atoms with Gasteiger partial charge in [0.05, 0.1) is 28.9 Å². The smallest absolute Gasteiger partial charge is 0.293 e. The van der Waals surface area contributed by atoms with Crippen LogP contribution in [-0.4, -0.2) is 29.7 Å². The lowest BCUT2D eigenvalue weighted by Gasteiger charge is -2.11. The van der Waals surface area contributed by atoms with Gasteiger partial charge in [-0.1, -0.05) is 0 Å². The minimum Gasteiger partial charge on any atom is -0.293 e. The van der Waals surface area contributed by atoms with Gasteiger partial charge in [-0.25, -0.2) is 9.18 Å². The van der Waals surface area contributed by atoms with Gasteiger partial charge in [0, 0.05) is 60.1 Å². The predicted molar refractivity (Wildman–Crippen MR) is 95.4 cm³/mol. The number of hydrogen-bond donors (Lipinski definition) is 0. The summed E-state index contributed by atoms with van der Waals surface area (Å²) in [6.45, 7) is 0.586. The van der Waals surface area contributed by atoms with Crippen molar-refractivity contribution in [2.75, 3.05) is 5.75 Å². The minimum atomic E-state index is -0.318. The van der Waals surface area contributed by atoms with E-state index in [1.54, 1.807) is 51.2 Å². The summed E-state index contributed by atoms with van der Waals surface area (Å²) >= 11 is 1.57. The van der Waals surface area contributed by atoms with Crippen LogP contribution in [0.1, 0.15) is 0 Å². The van der Waals surface area contributed by atoms with E-state index >= 15 is 0 Å². The zero-order valence-electron chi connectivity index (χ0n) is 13.7. The van der Waals surface area contributed by atoms with Crippen LogP contribution in [0.4, 0.5) is 4.39 Å². The van der Waals surface area contributed by atoms with E-state index in [9.17, 15) is 9.18 Å². The van der Waals surface area contributed by atoms with Crippen LogP contribution in [0.2, 0.25) is 0 Å². The van der Waals surface area contributed by atoms with E-state index in [4.69, 9.17) is 0 Å². The van der Waals surface area contributed by atoms with Crippen LogP contribution in [0.25, 0.3) is 33.1 Å². The number of halogens is 1. The molecule has 1 aliphatic heterocycles. The highest BCUT2D eigenvalue weighted by Gasteiger charge is 2.25. The normalized spacial score (nSPS) is 13.9. The molecule has 3 aromatic heterocycles. The standard InChI is InChI=1S/C17H14FN5OS/c1-21-8-9(6-20-21)13-10(18)5-11-14-15-12(7-19-11)22(2)17(24)23(15)3-4-25-16(13)14/h5-8H,3-4H2,1-2H3. The van der Waals surface area contributed by atoms with Crippen molar-refractivity contribution in [2.24, 2.45) is 14.1 Å². The lowest BCUT2D eigenvalue weighted by atomic mass is 10.0. The molecular weight excluding hydrogens is 341 g/mol. The Morgan fingerprint density at radius 2 is 2.12 bits per heavy atom. The van der Waals surface area contributed by atoms with Crippen molar-refractivity contribution < 1.29 is 4.39 Å². The SMILES string of the molecule is Cn1cc(-c2c(F)cc3ncc4c5c3c2SCCn5c(=O)n4C)cn1. The number of nitrogens with zero attached hydrogens (tertiary/aromatic N) is 5. The second kappa shape index (κ2) is 4.95. The van der Waals surface area contributed by atoms with E-state index in [1.165, 1.54) is 6.07 Å². The van der Waals surface area contributed by atoms with E-state index in [0.29, 0.717) is 23.4 Å². The topological polar surface area (TPSA) is 57.6 Å². The molecule has 5 rings (SSSR count). The summed E-state index contributed by atoms with van der Waals surface area (Å²) in [7, 11) is 3.55. The van der Waals surface area contributed by atoms with Crippen LogP contribution in [0.5, 0.6) is 0 Å². The molecule has 0 saturated carbocycles. The Morgan fingerprint density at radius 3 is 2.88 bits per heavy atom. The van der Waals surface area contributed by atoms with E-state index < -0.39 is 0 Å². The molecule has 25 heavy (non-hydrogen) atoms. The van der Waals surface area contributed by atoms with Gasteiger partial charge in [0.25, 0.3) is 0 Å². The number of hydrogen-bond acceptors (Lipinski definition) is 4. The molecule has 0 atom stereocenters. The quantitative estimate of drug-likeness (QED) is 0.526. The van der Waals surface area contributed by atoms with Crippen molar-refractivity contribution in [3.05, 3.63) is 41.0 Å². The fourth-order valence-corrected chi connectivity index (χ4v) is 4.76. The highest BCUT2D eigenvalue weighted by Crippen LogP contribution is 2.42. The van der Waals surface area contributed by atoms with Crippen LogP contribution < -0.4 is 5.69 Å². The largest absolute Gasteiger partial charge is 0.328 e. The van der Waals surface area contributed by atoms with Crippen LogP contribution >= 0.6 is 11.8 Å². The number of rotatable bonds is 1. The predicted octanol–water partition coefficient (Wildman–Crippen LogP) is 2.53. The zero-order chi connectivity index (χ0) is 17.3. The summed E-state index contributed by atoms with van der Waals surface area (Å²) in [5, 5.41) is 5.02. The van der Waals surface area contributed by atoms with Crippen molar-refractivity contribution in [3.63, 3.8) is 0 Å². The molecule has 1 aliphatic rings. The summed E-state index contributed by atoms with van der Waals surface area (Å²) in [6, 6.07) is 1.45. The zero-order valence-corrected chi connectivity index (χ0v) is 14.5. The van der Waals surface area contributed by atoms with Gasteiger partial charge in [-0.15, -0.1) is 11.8 Å². The third kappa shape index (κ3) is 1.88. The first-order valence-electron chi connectivity index (χ1n) is 7.88. The Balaban J connectivity index is 2.03. The molecule has 1 aromatic carbocycles. The average molecular weight is 355 g/mol. The molecule has 0 unspecified atom stereocenters. The number of aryl methyl sites for hydroxylation is 3. The molecular formula is C17H14FN5OS. The molecule has 6 nitrogen and oxygen atoms in total. The second-order valence-electron chi connectivity index (χ2n) is 6.19. The summed E-state index contributed by atoms with van der Waals surface area (Å²) in [5.74, 6) is 0.376. The number of imidazole rings is 1. The third-order valence-corrected chi connectivity index (χ3v) is 5.81. The maximum atomic E-state index is 14.9. The van der Waals surface area contributed by atoms with Gasteiger partial charge in [0.15, 0.2) is 0 Å². The molecule has 0 fully saturated rings. The summed E-state index contributed by atoms with van der Waals surface area (Å²) in [5.41, 5.74) is 3.37. The number of aromatic nitrogens is 5. The molecule has 126 valence electrons. The molecule has 4 aromatic rings. The Morgan fingerprint density at radius 1 is 1.28 bits per heavy atom. The van der Waals surface area contributed by atoms with Gasteiger partial charge < -0.3 is 0 Å². The fourth-order valence-electron chi connectivity index (χ4n) is 3.57. The van der Waals surface area contributed by atoms with Crippen molar-refractivity contribution in [1.29, 1.82) is 0 Å². The number of benzene rings is 1. The maximum Gasteiger partial charge on any atom is 0.328 e. The van der Waals surface area contributed by atoms with Crippen molar-refractivity contribution >= 4 is 33.7 Å². The summed E-state index contributed by atoms with van der Waals surface area (Å²) in [4.78, 5) is 17.8. The van der Waals surface area contributed by atoms with Crippen LogP contribution in [-0.2, 0) is 20.6 Å². The van der Waals surface area contributed by atoms with E-state index in [2.05, 4.69) is 10.1 Å². The molecule has 0 saturated heterocycles. The van der Waals surface area contributed by atoms with Crippen LogP contribution in [0.3, 0.4) is 0 Å². The first kappa shape index (κ1) is 14.7. The molecule has 0 spiro atoms.